The summed E-state index contributed by atoms with van der Waals surface area (Å²) in [6.45, 7) is 1.71. The topological polar surface area (TPSA) is 78.1 Å². The molecule has 0 saturated carbocycles. The van der Waals surface area contributed by atoms with E-state index in [-0.39, 0.29) is 10.4 Å². The Kier molecular flexibility index (Phi) is 5.09. The fourth-order valence-electron chi connectivity index (χ4n) is 2.62. The third-order valence-corrected chi connectivity index (χ3v) is 4.54. The second-order valence-electron chi connectivity index (χ2n) is 5.97. The minimum atomic E-state index is -0.590. The highest BCUT2D eigenvalue weighted by Gasteiger charge is 2.22. The molecule has 0 saturated heterocycles. The number of carbonyl (C=O) groups excluding carboxylic acids is 1. The van der Waals surface area contributed by atoms with Gasteiger partial charge in [-0.2, -0.15) is 5.10 Å². The third kappa shape index (κ3) is 3.75. The van der Waals surface area contributed by atoms with E-state index in [4.69, 9.17) is 11.6 Å². The summed E-state index contributed by atoms with van der Waals surface area (Å²) in [4.78, 5) is 25.7. The molecule has 0 aliphatic heterocycles. The molecule has 2 aromatic carbocycles. The quantitative estimate of drug-likeness (QED) is 0.705. The molecule has 3 aromatic rings. The number of H-pyrrole nitrogens is 1. The van der Waals surface area contributed by atoms with Gasteiger partial charge in [0.25, 0.3) is 5.56 Å². The lowest BCUT2D eigenvalue weighted by Gasteiger charge is -2.25. The second kappa shape index (κ2) is 7.32. The van der Waals surface area contributed by atoms with E-state index in [0.717, 1.165) is 12.1 Å². The molecule has 3 rings (SSSR count). The first-order valence-corrected chi connectivity index (χ1v) is 8.32. The molecule has 0 fully saturated rings. The van der Waals surface area contributed by atoms with Gasteiger partial charge in [-0.3, -0.25) is 4.79 Å². The Bertz CT molecular complexity index is 1090. The van der Waals surface area contributed by atoms with E-state index in [1.807, 2.05) is 0 Å². The average molecular weight is 393 g/mol. The number of nitrogens with zero attached hydrogens (tertiary/aromatic N) is 2. The third-order valence-electron chi connectivity index (χ3n) is 4.25. The van der Waals surface area contributed by atoms with E-state index in [1.54, 1.807) is 6.92 Å². The molecule has 0 aliphatic carbocycles. The number of hydrogen-bond acceptors (Lipinski definition) is 3. The minimum absolute atomic E-state index is 0.112. The summed E-state index contributed by atoms with van der Waals surface area (Å²) in [7, 11) is 1.53. The number of urea groups is 1. The molecule has 0 aliphatic rings. The van der Waals surface area contributed by atoms with Crippen LogP contribution < -0.4 is 10.9 Å². The smallest absolute Gasteiger partial charge is 0.319 e. The zero-order valence-electron chi connectivity index (χ0n) is 14.4. The van der Waals surface area contributed by atoms with E-state index in [9.17, 15) is 18.4 Å². The van der Waals surface area contributed by atoms with Gasteiger partial charge in [0.1, 0.15) is 11.6 Å². The van der Waals surface area contributed by atoms with Crippen LogP contribution in [0.5, 0.6) is 0 Å². The summed E-state index contributed by atoms with van der Waals surface area (Å²) in [5, 5.41) is 9.42. The monoisotopic (exact) mass is 392 g/mol. The zero-order valence-corrected chi connectivity index (χ0v) is 15.1. The predicted molar refractivity (Wildman–Crippen MR) is 98.9 cm³/mol. The molecule has 1 atom stereocenters. The Labute approximate surface area is 157 Å². The van der Waals surface area contributed by atoms with Crippen LogP contribution in [0.2, 0.25) is 5.02 Å². The zero-order chi connectivity index (χ0) is 19.7. The predicted octanol–water partition coefficient (Wildman–Crippen LogP) is 4.08. The van der Waals surface area contributed by atoms with Gasteiger partial charge in [-0.15, -0.1) is 0 Å². The van der Waals surface area contributed by atoms with Crippen molar-refractivity contribution in [3.8, 4) is 0 Å². The van der Waals surface area contributed by atoms with E-state index in [0.29, 0.717) is 16.8 Å². The summed E-state index contributed by atoms with van der Waals surface area (Å²) in [6, 6.07) is 6.57. The van der Waals surface area contributed by atoms with Crippen LogP contribution in [0.1, 0.15) is 18.7 Å². The number of aromatic amines is 1. The first-order chi connectivity index (χ1) is 12.8. The molecule has 140 valence electrons. The molecule has 1 aromatic heterocycles. The maximum atomic E-state index is 13.5. The Balaban J connectivity index is 1.88. The summed E-state index contributed by atoms with van der Waals surface area (Å²) in [6.07, 6.45) is 0. The molecule has 2 amide bonds. The minimum Gasteiger partial charge on any atom is -0.319 e. The van der Waals surface area contributed by atoms with Gasteiger partial charge in [-0.1, -0.05) is 11.6 Å². The van der Waals surface area contributed by atoms with Crippen LogP contribution in [0.15, 0.2) is 41.2 Å². The van der Waals surface area contributed by atoms with Gasteiger partial charge in [0.2, 0.25) is 0 Å². The first-order valence-electron chi connectivity index (χ1n) is 7.94. The van der Waals surface area contributed by atoms with E-state index < -0.39 is 29.3 Å². The number of anilines is 1. The van der Waals surface area contributed by atoms with Crippen molar-refractivity contribution in [2.75, 3.05) is 12.4 Å². The van der Waals surface area contributed by atoms with E-state index in [1.165, 1.54) is 36.2 Å². The molecule has 27 heavy (non-hydrogen) atoms. The highest BCUT2D eigenvalue weighted by atomic mass is 35.5. The SMILES string of the molecule is CC(c1n[nH]c(=O)c2cc(F)ccc12)N(C)C(=O)Nc1ccc(F)c(Cl)c1. The van der Waals surface area contributed by atoms with Crippen molar-refractivity contribution in [3.05, 3.63) is 69.1 Å². The van der Waals surface area contributed by atoms with Crippen LogP contribution in [-0.4, -0.2) is 28.2 Å². The number of carbonyl (C=O) groups is 1. The second-order valence-corrected chi connectivity index (χ2v) is 6.38. The molecule has 1 heterocycles. The molecule has 2 N–H and O–H groups in total. The number of nitrogens with one attached hydrogen (secondary N) is 2. The lowest BCUT2D eigenvalue weighted by molar-refractivity contribution is 0.207. The molecule has 0 bridgehead atoms. The number of benzene rings is 2. The van der Waals surface area contributed by atoms with Crippen LogP contribution in [0.3, 0.4) is 0 Å². The fourth-order valence-corrected chi connectivity index (χ4v) is 2.80. The largest absolute Gasteiger partial charge is 0.322 e. The van der Waals surface area contributed by atoms with Gasteiger partial charge >= 0.3 is 6.03 Å². The van der Waals surface area contributed by atoms with Crippen molar-refractivity contribution < 1.29 is 13.6 Å². The Morgan fingerprint density at radius 2 is 1.96 bits per heavy atom. The number of fused-ring (bicyclic) bond motifs is 1. The van der Waals surface area contributed by atoms with Crippen molar-refractivity contribution in [3.63, 3.8) is 0 Å². The fraction of sp³-hybridized carbons (Fsp3) is 0.167. The molecular formula is C18H15ClF2N4O2. The summed E-state index contributed by atoms with van der Waals surface area (Å²) < 4.78 is 26.7. The highest BCUT2D eigenvalue weighted by Crippen LogP contribution is 2.25. The normalized spacial score (nSPS) is 12.0. The van der Waals surface area contributed by atoms with E-state index in [2.05, 4.69) is 15.5 Å². The number of hydrogen-bond donors (Lipinski definition) is 2. The van der Waals surface area contributed by atoms with E-state index >= 15 is 0 Å². The number of aromatic nitrogens is 2. The lowest BCUT2D eigenvalue weighted by Crippen LogP contribution is -2.34. The lowest BCUT2D eigenvalue weighted by atomic mass is 10.1. The van der Waals surface area contributed by atoms with Crippen molar-refractivity contribution >= 4 is 34.1 Å². The Hall–Kier alpha value is -3.00. The van der Waals surface area contributed by atoms with Gasteiger partial charge < -0.3 is 10.2 Å². The molecule has 0 radical (unpaired) electrons. The highest BCUT2D eigenvalue weighted by molar-refractivity contribution is 6.31. The summed E-state index contributed by atoms with van der Waals surface area (Å²) >= 11 is 5.71. The van der Waals surface area contributed by atoms with Crippen LogP contribution in [0.25, 0.3) is 10.8 Å². The van der Waals surface area contributed by atoms with Crippen LogP contribution in [-0.2, 0) is 0 Å². The number of rotatable bonds is 3. The Morgan fingerprint density at radius 1 is 1.22 bits per heavy atom. The molecule has 0 spiro atoms. The Morgan fingerprint density at radius 3 is 2.67 bits per heavy atom. The van der Waals surface area contributed by atoms with Crippen molar-refractivity contribution in [1.29, 1.82) is 0 Å². The van der Waals surface area contributed by atoms with Crippen LogP contribution in [0.4, 0.5) is 19.3 Å². The molecule has 1 unspecified atom stereocenters. The van der Waals surface area contributed by atoms with Crippen molar-refractivity contribution in [2.45, 2.75) is 13.0 Å². The number of halogens is 3. The van der Waals surface area contributed by atoms with Crippen molar-refractivity contribution in [2.24, 2.45) is 0 Å². The van der Waals surface area contributed by atoms with Gasteiger partial charge in [-0.05, 0) is 43.3 Å². The summed E-state index contributed by atoms with van der Waals surface area (Å²) in [5.74, 6) is -1.13. The van der Waals surface area contributed by atoms with Gasteiger partial charge in [0, 0.05) is 18.1 Å². The van der Waals surface area contributed by atoms with Crippen LogP contribution in [0, 0.1) is 11.6 Å². The maximum Gasteiger partial charge on any atom is 0.322 e. The standard InChI is InChI=1S/C18H15ClF2N4O2/c1-9(16-12-5-3-10(20)7-13(12)17(26)24-23-16)25(2)18(27)22-11-4-6-15(21)14(19)8-11/h3-9H,1-2H3,(H,22,27)(H,24,26). The average Bonchev–Trinajstić information content (AvgIpc) is 2.64. The van der Waals surface area contributed by atoms with Crippen LogP contribution >= 0.6 is 11.6 Å². The van der Waals surface area contributed by atoms with Crippen molar-refractivity contribution in [1.82, 2.24) is 15.1 Å². The molecular weight excluding hydrogens is 378 g/mol. The number of amides is 2. The van der Waals surface area contributed by atoms with Gasteiger partial charge in [0.05, 0.1) is 22.1 Å². The van der Waals surface area contributed by atoms with Gasteiger partial charge in [-0.25, -0.2) is 18.7 Å². The maximum absolute atomic E-state index is 13.5. The molecule has 9 heteroatoms. The first kappa shape index (κ1) is 18.8. The summed E-state index contributed by atoms with van der Waals surface area (Å²) in [5.41, 5.74) is 0.208. The van der Waals surface area contributed by atoms with Gasteiger partial charge in [0.15, 0.2) is 0 Å². The molecule has 6 nitrogen and oxygen atoms in total.